The van der Waals surface area contributed by atoms with Gasteiger partial charge < -0.3 is 9.80 Å². The van der Waals surface area contributed by atoms with E-state index >= 15 is 0 Å². The summed E-state index contributed by atoms with van der Waals surface area (Å²) in [5.41, 5.74) is 2.78. The SMILES string of the molecule is CN1CCN(C(=O)CSc2nnc(-c3ccc(F)cc3)n2-c2ccccc2)C(c2ccccc2)C1. The fourth-order valence-corrected chi connectivity index (χ4v) is 5.18. The summed E-state index contributed by atoms with van der Waals surface area (Å²) in [6.45, 7) is 2.33. The van der Waals surface area contributed by atoms with Gasteiger partial charge in [0.2, 0.25) is 5.91 Å². The molecule has 178 valence electrons. The molecule has 1 aliphatic rings. The van der Waals surface area contributed by atoms with Crippen molar-refractivity contribution in [3.05, 3.63) is 96.3 Å². The molecule has 5 rings (SSSR count). The minimum atomic E-state index is -0.306. The molecule has 1 atom stereocenters. The summed E-state index contributed by atoms with van der Waals surface area (Å²) >= 11 is 1.37. The number of thioether (sulfide) groups is 1. The minimum absolute atomic E-state index is 0.0184. The number of piperazine rings is 1. The van der Waals surface area contributed by atoms with Crippen LogP contribution in [-0.2, 0) is 4.79 Å². The molecule has 1 aliphatic heterocycles. The lowest BCUT2D eigenvalue weighted by Gasteiger charge is -2.40. The Hall–Kier alpha value is -3.49. The topological polar surface area (TPSA) is 54.3 Å². The second-order valence-corrected chi connectivity index (χ2v) is 9.49. The number of para-hydroxylation sites is 1. The van der Waals surface area contributed by atoms with Gasteiger partial charge in [-0.15, -0.1) is 10.2 Å². The first-order valence-corrected chi connectivity index (χ1v) is 12.5. The van der Waals surface area contributed by atoms with E-state index in [1.54, 1.807) is 12.1 Å². The van der Waals surface area contributed by atoms with Crippen molar-refractivity contribution < 1.29 is 9.18 Å². The Bertz CT molecular complexity index is 1280. The van der Waals surface area contributed by atoms with Gasteiger partial charge in [0.05, 0.1) is 11.8 Å². The normalized spacial score (nSPS) is 16.4. The summed E-state index contributed by atoms with van der Waals surface area (Å²) in [6.07, 6.45) is 0. The molecule has 0 saturated carbocycles. The predicted octanol–water partition coefficient (Wildman–Crippen LogP) is 4.68. The highest BCUT2D eigenvalue weighted by atomic mass is 32.2. The van der Waals surface area contributed by atoms with Gasteiger partial charge in [-0.1, -0.05) is 60.3 Å². The molecule has 3 aromatic carbocycles. The Balaban J connectivity index is 1.40. The Morgan fingerprint density at radius 2 is 1.63 bits per heavy atom. The van der Waals surface area contributed by atoms with E-state index in [9.17, 15) is 9.18 Å². The number of carbonyl (C=O) groups excluding carboxylic acids is 1. The summed E-state index contributed by atoms with van der Waals surface area (Å²) in [5, 5.41) is 9.41. The van der Waals surface area contributed by atoms with Crippen LogP contribution < -0.4 is 0 Å². The van der Waals surface area contributed by atoms with E-state index in [1.807, 2.05) is 58.0 Å². The number of likely N-dealkylation sites (N-methyl/N-ethyl adjacent to an activating group) is 1. The van der Waals surface area contributed by atoms with Crippen LogP contribution in [0.4, 0.5) is 4.39 Å². The first kappa shape index (κ1) is 23.3. The maximum absolute atomic E-state index is 13.5. The van der Waals surface area contributed by atoms with Gasteiger partial charge in [-0.05, 0) is 49.0 Å². The van der Waals surface area contributed by atoms with E-state index in [2.05, 4.69) is 34.3 Å². The van der Waals surface area contributed by atoms with Gasteiger partial charge in [-0.3, -0.25) is 9.36 Å². The average molecular weight is 488 g/mol. The Labute approximate surface area is 208 Å². The second kappa shape index (κ2) is 10.4. The monoisotopic (exact) mass is 487 g/mol. The fourth-order valence-electron chi connectivity index (χ4n) is 4.35. The van der Waals surface area contributed by atoms with Crippen LogP contribution in [0.5, 0.6) is 0 Å². The van der Waals surface area contributed by atoms with E-state index in [-0.39, 0.29) is 23.5 Å². The second-order valence-electron chi connectivity index (χ2n) is 8.55. The molecule has 8 heteroatoms. The molecule has 0 spiro atoms. The zero-order chi connectivity index (χ0) is 24.2. The molecule has 1 saturated heterocycles. The van der Waals surface area contributed by atoms with E-state index < -0.39 is 0 Å². The highest BCUT2D eigenvalue weighted by Gasteiger charge is 2.30. The molecule has 1 unspecified atom stereocenters. The highest BCUT2D eigenvalue weighted by molar-refractivity contribution is 7.99. The van der Waals surface area contributed by atoms with E-state index in [1.165, 1.54) is 23.9 Å². The standard InChI is InChI=1S/C27H26FN5OS/c1-31-16-17-32(24(18-31)20-8-4-2-5-9-20)25(34)19-35-27-30-29-26(21-12-14-22(28)15-13-21)33(27)23-10-6-3-7-11-23/h2-15,24H,16-19H2,1H3. The molecular formula is C27H26FN5OS. The lowest BCUT2D eigenvalue weighted by Crippen LogP contribution is -2.49. The van der Waals surface area contributed by atoms with E-state index in [0.29, 0.717) is 17.5 Å². The summed E-state index contributed by atoms with van der Waals surface area (Å²) in [7, 11) is 2.09. The predicted molar refractivity (Wildman–Crippen MR) is 136 cm³/mol. The third-order valence-electron chi connectivity index (χ3n) is 6.16. The van der Waals surface area contributed by atoms with Crippen molar-refractivity contribution >= 4 is 17.7 Å². The Morgan fingerprint density at radius 3 is 2.34 bits per heavy atom. The molecule has 1 aromatic heterocycles. The van der Waals surface area contributed by atoms with Crippen molar-refractivity contribution in [1.82, 2.24) is 24.6 Å². The largest absolute Gasteiger partial charge is 0.332 e. The van der Waals surface area contributed by atoms with Gasteiger partial charge >= 0.3 is 0 Å². The highest BCUT2D eigenvalue weighted by Crippen LogP contribution is 2.30. The van der Waals surface area contributed by atoms with Crippen molar-refractivity contribution in [2.24, 2.45) is 0 Å². The van der Waals surface area contributed by atoms with Crippen molar-refractivity contribution in [3.63, 3.8) is 0 Å². The summed E-state index contributed by atoms with van der Waals surface area (Å²) < 4.78 is 15.4. The molecule has 0 aliphatic carbocycles. The molecule has 2 heterocycles. The van der Waals surface area contributed by atoms with Gasteiger partial charge in [-0.25, -0.2) is 4.39 Å². The van der Waals surface area contributed by atoms with Crippen LogP contribution in [0.25, 0.3) is 17.1 Å². The average Bonchev–Trinajstić information content (AvgIpc) is 3.32. The van der Waals surface area contributed by atoms with Crippen LogP contribution in [-0.4, -0.2) is 62.9 Å². The molecule has 6 nitrogen and oxygen atoms in total. The number of carbonyl (C=O) groups is 1. The van der Waals surface area contributed by atoms with Crippen LogP contribution in [0, 0.1) is 5.82 Å². The fraction of sp³-hybridized carbons (Fsp3) is 0.222. The van der Waals surface area contributed by atoms with Crippen molar-refractivity contribution in [3.8, 4) is 17.1 Å². The van der Waals surface area contributed by atoms with Crippen LogP contribution in [0.3, 0.4) is 0 Å². The number of rotatable bonds is 6. The lowest BCUT2D eigenvalue weighted by molar-refractivity contribution is -0.133. The molecule has 0 N–H and O–H groups in total. The van der Waals surface area contributed by atoms with Crippen molar-refractivity contribution in [1.29, 1.82) is 0 Å². The number of nitrogens with zero attached hydrogens (tertiary/aromatic N) is 5. The number of halogens is 1. The van der Waals surface area contributed by atoms with Gasteiger partial charge in [0.1, 0.15) is 5.82 Å². The third kappa shape index (κ3) is 5.13. The van der Waals surface area contributed by atoms with Gasteiger partial charge in [0, 0.05) is 30.9 Å². The Kier molecular flexibility index (Phi) is 6.92. The molecule has 4 aromatic rings. The van der Waals surface area contributed by atoms with E-state index in [0.717, 1.165) is 29.9 Å². The number of benzene rings is 3. The van der Waals surface area contributed by atoms with Gasteiger partial charge in [0.25, 0.3) is 0 Å². The first-order valence-electron chi connectivity index (χ1n) is 11.5. The number of aromatic nitrogens is 3. The zero-order valence-corrected chi connectivity index (χ0v) is 20.2. The molecule has 35 heavy (non-hydrogen) atoms. The zero-order valence-electron chi connectivity index (χ0n) is 19.4. The van der Waals surface area contributed by atoms with Crippen molar-refractivity contribution in [2.75, 3.05) is 32.4 Å². The molecule has 1 amide bonds. The quantitative estimate of drug-likeness (QED) is 0.370. The van der Waals surface area contributed by atoms with Crippen LogP contribution >= 0.6 is 11.8 Å². The number of amides is 1. The third-order valence-corrected chi connectivity index (χ3v) is 7.08. The number of hydrogen-bond acceptors (Lipinski definition) is 5. The van der Waals surface area contributed by atoms with Gasteiger partial charge in [0.15, 0.2) is 11.0 Å². The molecular weight excluding hydrogens is 461 g/mol. The summed E-state index contributed by atoms with van der Waals surface area (Å²) in [4.78, 5) is 17.6. The minimum Gasteiger partial charge on any atom is -0.332 e. The van der Waals surface area contributed by atoms with E-state index in [4.69, 9.17) is 0 Å². The number of hydrogen-bond donors (Lipinski definition) is 0. The maximum atomic E-state index is 13.5. The maximum Gasteiger partial charge on any atom is 0.233 e. The Morgan fingerprint density at radius 1 is 0.943 bits per heavy atom. The van der Waals surface area contributed by atoms with Crippen LogP contribution in [0.2, 0.25) is 0 Å². The van der Waals surface area contributed by atoms with Gasteiger partial charge in [-0.2, -0.15) is 0 Å². The van der Waals surface area contributed by atoms with Crippen LogP contribution in [0.1, 0.15) is 11.6 Å². The lowest BCUT2D eigenvalue weighted by atomic mass is 10.0. The van der Waals surface area contributed by atoms with Crippen LogP contribution in [0.15, 0.2) is 90.1 Å². The smallest absolute Gasteiger partial charge is 0.233 e. The summed E-state index contributed by atoms with van der Waals surface area (Å²) in [5.74, 6) is 0.622. The first-order chi connectivity index (χ1) is 17.1. The van der Waals surface area contributed by atoms with Crippen molar-refractivity contribution in [2.45, 2.75) is 11.2 Å². The summed E-state index contributed by atoms with van der Waals surface area (Å²) in [6, 6.07) is 26.2. The molecule has 1 fully saturated rings. The molecule has 0 radical (unpaired) electrons. The molecule has 0 bridgehead atoms.